The second-order valence-electron chi connectivity index (χ2n) is 5.61. The Bertz CT molecular complexity index is 154. The molecule has 0 aromatic rings. The summed E-state index contributed by atoms with van der Waals surface area (Å²) in [5.41, 5.74) is 0.645. The molecule has 0 radical (unpaired) electrons. The zero-order valence-corrected chi connectivity index (χ0v) is 8.60. The van der Waals surface area contributed by atoms with Crippen LogP contribution in [-0.2, 0) is 0 Å². The van der Waals surface area contributed by atoms with E-state index in [0.717, 1.165) is 0 Å². The van der Waals surface area contributed by atoms with Crippen LogP contribution in [0.2, 0.25) is 0 Å². The molecular weight excluding hydrogens is 146 g/mol. The zero-order valence-electron chi connectivity index (χ0n) is 8.60. The van der Waals surface area contributed by atoms with Crippen molar-refractivity contribution >= 4 is 0 Å². The van der Waals surface area contributed by atoms with Crippen LogP contribution in [0, 0.1) is 5.41 Å². The van der Waals surface area contributed by atoms with Crippen molar-refractivity contribution < 1.29 is 4.48 Å². The maximum absolute atomic E-state index is 2.43. The number of rotatable bonds is 0. The summed E-state index contributed by atoms with van der Waals surface area (Å²) in [6.07, 6.45) is 5.88. The molecule has 1 heteroatoms. The number of quaternary nitrogens is 1. The molecule has 0 bridgehead atoms. The van der Waals surface area contributed by atoms with Crippen LogP contribution in [0.4, 0.5) is 0 Å². The normalized spacial score (nSPS) is 32.5. The van der Waals surface area contributed by atoms with Crippen LogP contribution in [0.5, 0.6) is 0 Å². The molecule has 0 amide bonds. The van der Waals surface area contributed by atoms with Gasteiger partial charge in [-0.15, -0.1) is 0 Å². The third-order valence-corrected chi connectivity index (χ3v) is 4.04. The quantitative estimate of drug-likeness (QED) is 0.487. The number of hydrogen-bond donors (Lipinski definition) is 0. The molecule has 2 saturated heterocycles. The van der Waals surface area contributed by atoms with Crippen molar-refractivity contribution in [2.45, 2.75) is 39.5 Å². The van der Waals surface area contributed by atoms with Crippen LogP contribution in [0.15, 0.2) is 0 Å². The van der Waals surface area contributed by atoms with Crippen LogP contribution in [0.3, 0.4) is 0 Å². The Hall–Kier alpha value is -0.0400. The summed E-state index contributed by atoms with van der Waals surface area (Å²) in [7, 11) is 0. The fourth-order valence-electron chi connectivity index (χ4n) is 2.77. The lowest BCUT2D eigenvalue weighted by Crippen LogP contribution is -2.52. The Morgan fingerprint density at radius 1 is 0.833 bits per heavy atom. The Kier molecular flexibility index (Phi) is 1.95. The van der Waals surface area contributed by atoms with Gasteiger partial charge >= 0.3 is 0 Å². The molecule has 70 valence electrons. The molecular formula is C11H22N+. The minimum Gasteiger partial charge on any atom is -0.324 e. The van der Waals surface area contributed by atoms with Crippen LogP contribution in [0.1, 0.15) is 39.5 Å². The van der Waals surface area contributed by atoms with Crippen molar-refractivity contribution in [3.05, 3.63) is 0 Å². The van der Waals surface area contributed by atoms with Gasteiger partial charge in [0.2, 0.25) is 0 Å². The number of piperidine rings is 1. The Balaban J connectivity index is 1.97. The third-order valence-electron chi connectivity index (χ3n) is 4.04. The van der Waals surface area contributed by atoms with Crippen LogP contribution in [-0.4, -0.2) is 30.7 Å². The first kappa shape index (κ1) is 8.55. The average molecular weight is 168 g/mol. The highest BCUT2D eigenvalue weighted by Crippen LogP contribution is 2.35. The molecule has 1 nitrogen and oxygen atoms in total. The fourth-order valence-corrected chi connectivity index (χ4v) is 2.77. The van der Waals surface area contributed by atoms with Crippen molar-refractivity contribution in [3.63, 3.8) is 0 Å². The predicted molar refractivity (Wildman–Crippen MR) is 52.0 cm³/mol. The summed E-state index contributed by atoms with van der Waals surface area (Å²) in [5.74, 6) is 0. The lowest BCUT2D eigenvalue weighted by molar-refractivity contribution is -0.923. The Labute approximate surface area is 76.3 Å². The van der Waals surface area contributed by atoms with Gasteiger partial charge in [0.05, 0.1) is 26.2 Å². The predicted octanol–water partition coefficient (Wildman–Crippen LogP) is 2.42. The van der Waals surface area contributed by atoms with Gasteiger partial charge in [-0.2, -0.15) is 0 Å². The topological polar surface area (TPSA) is 0 Å². The summed E-state index contributed by atoms with van der Waals surface area (Å²) in [5, 5.41) is 0. The Morgan fingerprint density at radius 2 is 1.33 bits per heavy atom. The van der Waals surface area contributed by atoms with E-state index >= 15 is 0 Å². The molecule has 0 N–H and O–H groups in total. The molecule has 2 rings (SSSR count). The molecule has 0 unspecified atom stereocenters. The highest BCUT2D eigenvalue weighted by atomic mass is 15.4. The maximum atomic E-state index is 2.43. The molecule has 2 fully saturated rings. The Morgan fingerprint density at radius 3 is 1.83 bits per heavy atom. The number of nitrogens with zero attached hydrogens (tertiary/aromatic N) is 1. The van der Waals surface area contributed by atoms with Gasteiger partial charge in [0.15, 0.2) is 0 Å². The largest absolute Gasteiger partial charge is 0.324 e. The summed E-state index contributed by atoms with van der Waals surface area (Å²) in [6.45, 7) is 10.8. The van der Waals surface area contributed by atoms with Crippen molar-refractivity contribution in [2.75, 3.05) is 26.2 Å². The van der Waals surface area contributed by atoms with Crippen LogP contribution >= 0.6 is 0 Å². The van der Waals surface area contributed by atoms with E-state index in [-0.39, 0.29) is 0 Å². The third kappa shape index (κ3) is 1.52. The van der Waals surface area contributed by atoms with E-state index in [1.54, 1.807) is 0 Å². The highest BCUT2D eigenvalue weighted by Gasteiger charge is 2.39. The SMILES string of the molecule is CC1(C)CC[N+]2(CCCC2)CC1. The minimum atomic E-state index is 0.645. The second kappa shape index (κ2) is 2.73. The van der Waals surface area contributed by atoms with Crippen LogP contribution in [0.25, 0.3) is 0 Å². The van der Waals surface area contributed by atoms with E-state index < -0.39 is 0 Å². The molecule has 2 aliphatic rings. The van der Waals surface area contributed by atoms with Gasteiger partial charge in [0.1, 0.15) is 0 Å². The molecule has 2 heterocycles. The summed E-state index contributed by atoms with van der Waals surface area (Å²) < 4.78 is 1.48. The lowest BCUT2D eigenvalue weighted by atomic mass is 9.82. The smallest absolute Gasteiger partial charge is 0.0791 e. The molecule has 0 aromatic heterocycles. The van der Waals surface area contributed by atoms with Crippen molar-refractivity contribution in [3.8, 4) is 0 Å². The van der Waals surface area contributed by atoms with E-state index in [2.05, 4.69) is 13.8 Å². The van der Waals surface area contributed by atoms with E-state index in [1.165, 1.54) is 56.3 Å². The minimum absolute atomic E-state index is 0.645. The van der Waals surface area contributed by atoms with E-state index in [4.69, 9.17) is 0 Å². The first-order valence-electron chi connectivity index (χ1n) is 5.47. The molecule has 0 aromatic carbocycles. The first-order valence-corrected chi connectivity index (χ1v) is 5.47. The van der Waals surface area contributed by atoms with Gasteiger partial charge in [0.25, 0.3) is 0 Å². The second-order valence-corrected chi connectivity index (χ2v) is 5.61. The molecule has 0 saturated carbocycles. The van der Waals surface area contributed by atoms with Crippen molar-refractivity contribution in [1.29, 1.82) is 0 Å². The first-order chi connectivity index (χ1) is 5.62. The van der Waals surface area contributed by atoms with E-state index in [9.17, 15) is 0 Å². The summed E-state index contributed by atoms with van der Waals surface area (Å²) in [6, 6.07) is 0. The zero-order chi connectivity index (χ0) is 8.66. The molecule has 12 heavy (non-hydrogen) atoms. The van der Waals surface area contributed by atoms with Crippen molar-refractivity contribution in [2.24, 2.45) is 5.41 Å². The lowest BCUT2D eigenvalue weighted by Gasteiger charge is -2.43. The molecule has 1 spiro atoms. The fraction of sp³-hybridized carbons (Fsp3) is 1.00. The molecule has 2 aliphatic heterocycles. The van der Waals surface area contributed by atoms with Gasteiger partial charge in [-0.3, -0.25) is 0 Å². The average Bonchev–Trinajstić information content (AvgIpc) is 2.46. The van der Waals surface area contributed by atoms with Crippen LogP contribution < -0.4 is 0 Å². The standard InChI is InChI=1S/C11H22N/c1-11(2)5-9-12(10-6-11)7-3-4-8-12/h3-10H2,1-2H3/q+1. The van der Waals surface area contributed by atoms with Gasteiger partial charge < -0.3 is 4.48 Å². The molecule has 0 atom stereocenters. The maximum Gasteiger partial charge on any atom is 0.0791 e. The van der Waals surface area contributed by atoms with Gasteiger partial charge in [-0.1, -0.05) is 13.8 Å². The number of hydrogen-bond acceptors (Lipinski definition) is 0. The van der Waals surface area contributed by atoms with Gasteiger partial charge in [0, 0.05) is 25.7 Å². The molecule has 0 aliphatic carbocycles. The summed E-state index contributed by atoms with van der Waals surface area (Å²) >= 11 is 0. The summed E-state index contributed by atoms with van der Waals surface area (Å²) in [4.78, 5) is 0. The van der Waals surface area contributed by atoms with E-state index in [1.807, 2.05) is 0 Å². The van der Waals surface area contributed by atoms with Crippen molar-refractivity contribution in [1.82, 2.24) is 0 Å². The van der Waals surface area contributed by atoms with Gasteiger partial charge in [-0.25, -0.2) is 0 Å². The highest BCUT2D eigenvalue weighted by molar-refractivity contribution is 4.74. The van der Waals surface area contributed by atoms with Gasteiger partial charge in [-0.05, 0) is 5.41 Å². The van der Waals surface area contributed by atoms with E-state index in [0.29, 0.717) is 5.41 Å². The monoisotopic (exact) mass is 168 g/mol.